The van der Waals surface area contributed by atoms with Crippen molar-refractivity contribution in [2.24, 2.45) is 0 Å². The largest absolute Gasteiger partial charge is 0.456 e. The summed E-state index contributed by atoms with van der Waals surface area (Å²) < 4.78 is 28.8. The van der Waals surface area contributed by atoms with Crippen molar-refractivity contribution in [3.05, 3.63) is 53.6 Å². The van der Waals surface area contributed by atoms with Crippen LogP contribution in [0.2, 0.25) is 5.02 Å². The van der Waals surface area contributed by atoms with E-state index in [9.17, 15) is 18.0 Å². The van der Waals surface area contributed by atoms with E-state index in [1.165, 1.54) is 0 Å². The normalized spacial score (nSPS) is 17.2. The molecule has 0 unspecified atom stereocenters. The minimum absolute atomic E-state index is 0.0189. The Balaban J connectivity index is 1.47. The van der Waals surface area contributed by atoms with Crippen molar-refractivity contribution in [2.45, 2.75) is 19.4 Å². The Morgan fingerprint density at radius 3 is 2.41 bits per heavy atom. The smallest absolute Gasteiger partial charge is 0.238 e. The first kappa shape index (κ1) is 24.0. The minimum atomic E-state index is -3.06. The summed E-state index contributed by atoms with van der Waals surface area (Å²) in [6.07, 6.45) is 0.427. The fourth-order valence-corrected chi connectivity index (χ4v) is 5.18. The molecule has 2 N–H and O–H groups in total. The number of nitrogens with one attached hydrogen (secondary N) is 2. The number of halogens is 1. The van der Waals surface area contributed by atoms with E-state index in [1.54, 1.807) is 41.3 Å². The van der Waals surface area contributed by atoms with Gasteiger partial charge in [0.25, 0.3) is 0 Å². The molecule has 2 aromatic carbocycles. The number of amides is 2. The quantitative estimate of drug-likeness (QED) is 0.573. The Labute approximate surface area is 192 Å². The molecule has 0 aliphatic carbocycles. The van der Waals surface area contributed by atoms with Crippen LogP contribution in [0.15, 0.2) is 48.5 Å². The fourth-order valence-electron chi connectivity index (χ4n) is 3.33. The van der Waals surface area contributed by atoms with Gasteiger partial charge in [0.1, 0.15) is 11.5 Å². The van der Waals surface area contributed by atoms with Gasteiger partial charge in [-0.05, 0) is 49.4 Å². The van der Waals surface area contributed by atoms with Gasteiger partial charge in [-0.2, -0.15) is 0 Å². The molecule has 0 spiro atoms. The summed E-state index contributed by atoms with van der Waals surface area (Å²) in [6, 6.07) is 13.7. The summed E-state index contributed by atoms with van der Waals surface area (Å²) in [5.74, 6) is 0.641. The van der Waals surface area contributed by atoms with Gasteiger partial charge >= 0.3 is 0 Å². The standard InChI is InChI=1S/C22H26ClN3O5S/c1-2-26(14-22(28)25-17-11-12-32(29,30)15-17)13-21(27)24-16-7-9-18(10-8-16)31-20-6-4-3-5-19(20)23/h3-10,17H,2,11-15H2,1H3,(H,24,27)(H,25,28)/t17-/m1/s1. The van der Waals surface area contributed by atoms with Gasteiger partial charge in [0.2, 0.25) is 11.8 Å². The van der Waals surface area contributed by atoms with E-state index < -0.39 is 9.84 Å². The molecule has 0 bridgehead atoms. The molecular weight excluding hydrogens is 454 g/mol. The SMILES string of the molecule is CCN(CC(=O)Nc1ccc(Oc2ccccc2Cl)cc1)CC(=O)N[C@@H]1CCS(=O)(=O)C1. The zero-order chi connectivity index (χ0) is 23.1. The lowest BCUT2D eigenvalue weighted by molar-refractivity contribution is -0.123. The molecule has 10 heteroatoms. The van der Waals surface area contributed by atoms with Crippen LogP contribution >= 0.6 is 11.6 Å². The predicted octanol–water partition coefficient (Wildman–Crippen LogP) is 2.70. The van der Waals surface area contributed by atoms with Crippen molar-refractivity contribution in [3.8, 4) is 11.5 Å². The lowest BCUT2D eigenvalue weighted by Gasteiger charge is -2.20. The molecule has 3 rings (SSSR count). The van der Waals surface area contributed by atoms with Crippen LogP contribution in [-0.2, 0) is 19.4 Å². The highest BCUT2D eigenvalue weighted by Gasteiger charge is 2.29. The Hall–Kier alpha value is -2.62. The maximum absolute atomic E-state index is 12.4. The summed E-state index contributed by atoms with van der Waals surface area (Å²) in [7, 11) is -3.06. The molecule has 1 aliphatic rings. The van der Waals surface area contributed by atoms with Gasteiger partial charge in [0, 0.05) is 11.7 Å². The molecule has 1 aliphatic heterocycles. The number of carbonyl (C=O) groups is 2. The number of anilines is 1. The second-order valence-corrected chi connectivity index (χ2v) is 10.2. The van der Waals surface area contributed by atoms with E-state index in [-0.39, 0.29) is 42.5 Å². The molecule has 1 atom stereocenters. The van der Waals surface area contributed by atoms with E-state index in [4.69, 9.17) is 16.3 Å². The average Bonchev–Trinajstić information content (AvgIpc) is 3.08. The molecule has 1 fully saturated rings. The average molecular weight is 480 g/mol. The Bertz CT molecular complexity index is 1060. The highest BCUT2D eigenvalue weighted by molar-refractivity contribution is 7.91. The third-order valence-electron chi connectivity index (χ3n) is 4.98. The lowest BCUT2D eigenvalue weighted by atomic mass is 10.2. The van der Waals surface area contributed by atoms with E-state index in [0.717, 1.165) is 0 Å². The van der Waals surface area contributed by atoms with Gasteiger partial charge in [-0.15, -0.1) is 0 Å². The number of benzene rings is 2. The van der Waals surface area contributed by atoms with E-state index in [2.05, 4.69) is 10.6 Å². The fraction of sp³-hybridized carbons (Fsp3) is 0.364. The molecule has 32 heavy (non-hydrogen) atoms. The topological polar surface area (TPSA) is 105 Å². The molecule has 0 saturated carbocycles. The van der Waals surface area contributed by atoms with Gasteiger partial charge in [-0.25, -0.2) is 8.42 Å². The van der Waals surface area contributed by atoms with Crippen molar-refractivity contribution in [2.75, 3.05) is 36.5 Å². The molecular formula is C22H26ClN3O5S. The van der Waals surface area contributed by atoms with Crippen molar-refractivity contribution < 1.29 is 22.7 Å². The number of sulfone groups is 1. The molecule has 1 heterocycles. The third-order valence-corrected chi connectivity index (χ3v) is 7.06. The number of hydrogen-bond acceptors (Lipinski definition) is 6. The number of likely N-dealkylation sites (N-methyl/N-ethyl adjacent to an activating group) is 1. The Morgan fingerprint density at radius 1 is 1.09 bits per heavy atom. The molecule has 1 saturated heterocycles. The van der Waals surface area contributed by atoms with Crippen LogP contribution in [0.3, 0.4) is 0 Å². The second-order valence-electron chi connectivity index (χ2n) is 7.58. The number of ether oxygens (including phenoxy) is 1. The van der Waals surface area contributed by atoms with Crippen LogP contribution in [0, 0.1) is 0 Å². The maximum atomic E-state index is 12.4. The number of para-hydroxylation sites is 1. The monoisotopic (exact) mass is 479 g/mol. The highest BCUT2D eigenvalue weighted by Crippen LogP contribution is 2.29. The first-order valence-electron chi connectivity index (χ1n) is 10.3. The number of carbonyl (C=O) groups excluding carboxylic acids is 2. The predicted molar refractivity (Wildman–Crippen MR) is 124 cm³/mol. The van der Waals surface area contributed by atoms with Crippen LogP contribution in [0.5, 0.6) is 11.5 Å². The summed E-state index contributed by atoms with van der Waals surface area (Å²) in [5, 5.41) is 6.03. The molecule has 172 valence electrons. The van der Waals surface area contributed by atoms with E-state index in [1.807, 2.05) is 19.1 Å². The van der Waals surface area contributed by atoms with Crippen LogP contribution in [0.1, 0.15) is 13.3 Å². The van der Waals surface area contributed by atoms with Gasteiger partial charge in [-0.3, -0.25) is 14.5 Å². The third kappa shape index (κ3) is 7.22. The highest BCUT2D eigenvalue weighted by atomic mass is 35.5. The molecule has 0 radical (unpaired) electrons. The van der Waals surface area contributed by atoms with Crippen molar-refractivity contribution in [1.29, 1.82) is 0 Å². The molecule has 2 aromatic rings. The van der Waals surface area contributed by atoms with Crippen molar-refractivity contribution in [1.82, 2.24) is 10.2 Å². The first-order valence-corrected chi connectivity index (χ1v) is 12.5. The number of rotatable bonds is 9. The van der Waals surface area contributed by atoms with E-state index >= 15 is 0 Å². The van der Waals surface area contributed by atoms with Gasteiger partial charge < -0.3 is 15.4 Å². The summed E-state index contributed by atoms with van der Waals surface area (Å²) in [6.45, 7) is 2.39. The van der Waals surface area contributed by atoms with Gasteiger partial charge in [0.15, 0.2) is 9.84 Å². The second kappa shape index (κ2) is 10.8. The van der Waals surface area contributed by atoms with Gasteiger partial charge in [0.05, 0.1) is 29.6 Å². The zero-order valence-corrected chi connectivity index (χ0v) is 19.3. The minimum Gasteiger partial charge on any atom is -0.456 e. The molecule has 0 aromatic heterocycles. The summed E-state index contributed by atoms with van der Waals surface area (Å²) in [5.41, 5.74) is 0.596. The summed E-state index contributed by atoms with van der Waals surface area (Å²) in [4.78, 5) is 26.3. The van der Waals surface area contributed by atoms with Crippen molar-refractivity contribution >= 4 is 38.9 Å². The number of hydrogen-bond donors (Lipinski definition) is 2. The van der Waals surface area contributed by atoms with E-state index in [0.29, 0.717) is 35.2 Å². The number of nitrogens with zero attached hydrogens (tertiary/aromatic N) is 1. The maximum Gasteiger partial charge on any atom is 0.238 e. The lowest BCUT2D eigenvalue weighted by Crippen LogP contribution is -2.44. The molecule has 2 amide bonds. The van der Waals surface area contributed by atoms with Crippen LogP contribution in [0.25, 0.3) is 0 Å². The van der Waals surface area contributed by atoms with Gasteiger partial charge in [-0.1, -0.05) is 30.7 Å². The molecule has 8 nitrogen and oxygen atoms in total. The van der Waals surface area contributed by atoms with Crippen LogP contribution in [0.4, 0.5) is 5.69 Å². The summed E-state index contributed by atoms with van der Waals surface area (Å²) >= 11 is 6.09. The first-order chi connectivity index (χ1) is 15.2. The Morgan fingerprint density at radius 2 is 1.78 bits per heavy atom. The zero-order valence-electron chi connectivity index (χ0n) is 17.7. The van der Waals surface area contributed by atoms with Crippen LogP contribution < -0.4 is 15.4 Å². The Kier molecular flexibility index (Phi) is 8.11. The van der Waals surface area contributed by atoms with Crippen LogP contribution in [-0.4, -0.2) is 62.3 Å². The van der Waals surface area contributed by atoms with Crippen molar-refractivity contribution in [3.63, 3.8) is 0 Å².